The fraction of sp³-hybridized carbons (Fsp3) is 0.900. The highest BCUT2D eigenvalue weighted by atomic mass is 32.2. The highest BCUT2D eigenvalue weighted by Gasteiger charge is 2.38. The highest BCUT2D eigenvalue weighted by molar-refractivity contribution is 7.90. The van der Waals surface area contributed by atoms with Crippen LogP contribution in [0, 0.1) is 0 Å². The Hall–Kier alpha value is -0.660. The van der Waals surface area contributed by atoms with E-state index in [9.17, 15) is 18.3 Å². The Labute approximate surface area is 102 Å². The van der Waals surface area contributed by atoms with Gasteiger partial charge in [-0.25, -0.2) is 12.7 Å². The standard InChI is InChI=1S/C10H19NO5S/c1-8(9(12)16-3)17(14,15)11-6-4-10(2,13)5-7-11/h8,13H,4-7H2,1-3H3. The third-order valence-electron chi connectivity index (χ3n) is 3.14. The fourth-order valence-corrected chi connectivity index (χ4v) is 3.21. The summed E-state index contributed by atoms with van der Waals surface area (Å²) in [6, 6.07) is 0. The lowest BCUT2D eigenvalue weighted by atomic mass is 9.95. The molecule has 0 amide bonds. The molecule has 0 aliphatic carbocycles. The zero-order valence-corrected chi connectivity index (χ0v) is 11.2. The smallest absolute Gasteiger partial charge is 0.325 e. The molecule has 1 unspecified atom stereocenters. The van der Waals surface area contributed by atoms with Gasteiger partial charge in [-0.2, -0.15) is 0 Å². The molecule has 6 nitrogen and oxygen atoms in total. The van der Waals surface area contributed by atoms with Crippen molar-refractivity contribution in [3.8, 4) is 0 Å². The van der Waals surface area contributed by atoms with Gasteiger partial charge < -0.3 is 9.84 Å². The van der Waals surface area contributed by atoms with Gasteiger partial charge in [-0.3, -0.25) is 4.79 Å². The number of piperidine rings is 1. The van der Waals surface area contributed by atoms with Crippen LogP contribution in [0.4, 0.5) is 0 Å². The normalized spacial score (nSPS) is 23.1. The van der Waals surface area contributed by atoms with Crippen LogP contribution >= 0.6 is 0 Å². The van der Waals surface area contributed by atoms with Gasteiger partial charge in [0.25, 0.3) is 0 Å². The van der Waals surface area contributed by atoms with Gasteiger partial charge in [0.2, 0.25) is 10.0 Å². The van der Waals surface area contributed by atoms with Crippen LogP contribution in [0.2, 0.25) is 0 Å². The van der Waals surface area contributed by atoms with Crippen molar-refractivity contribution in [1.82, 2.24) is 4.31 Å². The van der Waals surface area contributed by atoms with Gasteiger partial charge in [0.1, 0.15) is 0 Å². The van der Waals surface area contributed by atoms with Crippen LogP contribution in [0.3, 0.4) is 0 Å². The lowest BCUT2D eigenvalue weighted by molar-refractivity contribution is -0.139. The van der Waals surface area contributed by atoms with Crippen LogP contribution in [0.15, 0.2) is 0 Å². The molecule has 0 bridgehead atoms. The van der Waals surface area contributed by atoms with Crippen molar-refractivity contribution < 1.29 is 23.1 Å². The van der Waals surface area contributed by atoms with E-state index >= 15 is 0 Å². The first-order chi connectivity index (χ1) is 7.70. The third kappa shape index (κ3) is 3.17. The first kappa shape index (κ1) is 14.4. The van der Waals surface area contributed by atoms with Gasteiger partial charge in [-0.15, -0.1) is 0 Å². The summed E-state index contributed by atoms with van der Waals surface area (Å²) >= 11 is 0. The van der Waals surface area contributed by atoms with Crippen molar-refractivity contribution in [3.63, 3.8) is 0 Å². The molecule has 0 aromatic carbocycles. The number of hydrogen-bond donors (Lipinski definition) is 1. The number of ether oxygens (including phenoxy) is 1. The van der Waals surface area contributed by atoms with Crippen LogP contribution in [0.25, 0.3) is 0 Å². The van der Waals surface area contributed by atoms with Crippen molar-refractivity contribution in [2.75, 3.05) is 20.2 Å². The van der Waals surface area contributed by atoms with Gasteiger partial charge in [0.15, 0.2) is 5.25 Å². The van der Waals surface area contributed by atoms with Crippen molar-refractivity contribution >= 4 is 16.0 Å². The van der Waals surface area contributed by atoms with Crippen LogP contribution in [-0.2, 0) is 19.6 Å². The maximum atomic E-state index is 12.0. The van der Waals surface area contributed by atoms with Gasteiger partial charge in [0.05, 0.1) is 12.7 Å². The van der Waals surface area contributed by atoms with E-state index in [-0.39, 0.29) is 13.1 Å². The topological polar surface area (TPSA) is 83.9 Å². The van der Waals surface area contributed by atoms with E-state index in [2.05, 4.69) is 4.74 Å². The first-order valence-electron chi connectivity index (χ1n) is 5.50. The maximum absolute atomic E-state index is 12.0. The second kappa shape index (κ2) is 4.91. The number of esters is 1. The van der Waals surface area contributed by atoms with Crippen LogP contribution in [-0.4, -0.2) is 54.8 Å². The summed E-state index contributed by atoms with van der Waals surface area (Å²) in [6.07, 6.45) is 0.750. The molecule has 1 aliphatic rings. The minimum atomic E-state index is -3.68. The van der Waals surface area contributed by atoms with Crippen molar-refractivity contribution in [3.05, 3.63) is 0 Å². The molecule has 0 saturated carbocycles. The SMILES string of the molecule is COC(=O)C(C)S(=O)(=O)N1CCC(C)(O)CC1. The zero-order chi connectivity index (χ0) is 13.3. The second-order valence-electron chi connectivity index (χ2n) is 4.61. The van der Waals surface area contributed by atoms with E-state index < -0.39 is 26.8 Å². The van der Waals surface area contributed by atoms with E-state index in [0.29, 0.717) is 12.8 Å². The predicted octanol–water partition coefficient (Wildman–Crippen LogP) is -0.275. The molecule has 100 valence electrons. The summed E-state index contributed by atoms with van der Waals surface area (Å²) in [5.41, 5.74) is -0.819. The van der Waals surface area contributed by atoms with Gasteiger partial charge in [-0.05, 0) is 26.7 Å². The zero-order valence-electron chi connectivity index (χ0n) is 10.3. The molecule has 1 fully saturated rings. The van der Waals surface area contributed by atoms with Crippen molar-refractivity contribution in [1.29, 1.82) is 0 Å². The van der Waals surface area contributed by atoms with Gasteiger partial charge in [-0.1, -0.05) is 0 Å². The summed E-state index contributed by atoms with van der Waals surface area (Å²) in [4.78, 5) is 11.3. The Kier molecular flexibility index (Phi) is 4.16. The number of rotatable bonds is 3. The van der Waals surface area contributed by atoms with E-state index in [1.165, 1.54) is 11.2 Å². The Morgan fingerprint density at radius 2 is 1.88 bits per heavy atom. The average molecular weight is 265 g/mol. The molecule has 1 aliphatic heterocycles. The molecule has 7 heteroatoms. The number of aliphatic hydroxyl groups is 1. The number of carbonyl (C=O) groups excluding carboxylic acids is 1. The first-order valence-corrected chi connectivity index (χ1v) is 7.00. The Bertz CT molecular complexity index is 380. The predicted molar refractivity (Wildman–Crippen MR) is 61.8 cm³/mol. The summed E-state index contributed by atoms with van der Waals surface area (Å²) < 4.78 is 29.8. The molecule has 17 heavy (non-hydrogen) atoms. The molecular formula is C10H19NO5S. The van der Waals surface area contributed by atoms with E-state index in [4.69, 9.17) is 0 Å². The van der Waals surface area contributed by atoms with Crippen LogP contribution in [0.1, 0.15) is 26.7 Å². The molecular weight excluding hydrogens is 246 g/mol. The molecule has 1 rings (SSSR count). The summed E-state index contributed by atoms with van der Waals surface area (Å²) in [5, 5.41) is 8.54. The maximum Gasteiger partial charge on any atom is 0.325 e. The van der Waals surface area contributed by atoms with Gasteiger partial charge >= 0.3 is 5.97 Å². The number of nitrogens with zero attached hydrogens (tertiary/aromatic N) is 1. The Morgan fingerprint density at radius 1 is 1.41 bits per heavy atom. The average Bonchev–Trinajstić information content (AvgIpc) is 2.26. The third-order valence-corrected chi connectivity index (χ3v) is 5.31. The number of sulfonamides is 1. The summed E-state index contributed by atoms with van der Waals surface area (Å²) in [7, 11) is -2.51. The molecule has 0 aromatic heterocycles. The lowest BCUT2D eigenvalue weighted by Crippen LogP contribution is -2.49. The molecule has 0 spiro atoms. The highest BCUT2D eigenvalue weighted by Crippen LogP contribution is 2.24. The number of methoxy groups -OCH3 is 1. The molecule has 1 atom stereocenters. The molecule has 1 N–H and O–H groups in total. The molecule has 0 aromatic rings. The van der Waals surface area contributed by atoms with Crippen molar-refractivity contribution in [2.24, 2.45) is 0 Å². The number of hydrogen-bond acceptors (Lipinski definition) is 5. The largest absolute Gasteiger partial charge is 0.468 e. The molecule has 1 heterocycles. The van der Waals surface area contributed by atoms with Crippen LogP contribution in [0.5, 0.6) is 0 Å². The molecule has 0 radical (unpaired) electrons. The Morgan fingerprint density at radius 3 is 2.29 bits per heavy atom. The minimum Gasteiger partial charge on any atom is -0.468 e. The monoisotopic (exact) mass is 265 g/mol. The van der Waals surface area contributed by atoms with Gasteiger partial charge in [0, 0.05) is 13.1 Å². The van der Waals surface area contributed by atoms with Crippen molar-refractivity contribution in [2.45, 2.75) is 37.5 Å². The Balaban J connectivity index is 2.76. The molecule has 1 saturated heterocycles. The van der Waals surface area contributed by atoms with E-state index in [1.54, 1.807) is 6.92 Å². The summed E-state index contributed by atoms with van der Waals surface area (Å²) in [5.74, 6) is -0.762. The van der Waals surface area contributed by atoms with E-state index in [1.807, 2.05) is 0 Å². The second-order valence-corrected chi connectivity index (χ2v) is 6.86. The van der Waals surface area contributed by atoms with Crippen LogP contribution < -0.4 is 0 Å². The lowest BCUT2D eigenvalue weighted by Gasteiger charge is -2.35. The van der Waals surface area contributed by atoms with E-state index in [0.717, 1.165) is 7.11 Å². The fourth-order valence-electron chi connectivity index (χ4n) is 1.73. The minimum absolute atomic E-state index is 0.233. The summed E-state index contributed by atoms with van der Waals surface area (Å²) in [6.45, 7) is 3.46. The quantitative estimate of drug-likeness (QED) is 0.710. The number of carbonyl (C=O) groups is 1.